The number of carbonyl (C=O) groups excluding carboxylic acids is 1. The van der Waals surface area contributed by atoms with Crippen molar-refractivity contribution in [2.45, 2.75) is 26.8 Å². The average molecular weight is 307 g/mol. The lowest BCUT2D eigenvalue weighted by Gasteiger charge is -2.35. The van der Waals surface area contributed by atoms with Gasteiger partial charge < -0.3 is 15.1 Å². The van der Waals surface area contributed by atoms with Gasteiger partial charge in [0.2, 0.25) is 0 Å². The van der Waals surface area contributed by atoms with Crippen molar-refractivity contribution in [2.75, 3.05) is 39.8 Å². The number of nitrogens with one attached hydrogen (secondary N) is 1. The van der Waals surface area contributed by atoms with Crippen LogP contribution in [0.25, 0.3) is 0 Å². The molecule has 1 fully saturated rings. The molecule has 0 radical (unpaired) electrons. The molecule has 1 aliphatic rings. The molecule has 1 aliphatic heterocycles. The summed E-state index contributed by atoms with van der Waals surface area (Å²) in [6.07, 6.45) is 4.98. The molecule has 1 saturated heterocycles. The van der Waals surface area contributed by atoms with Gasteiger partial charge in [-0.3, -0.25) is 4.68 Å². The maximum Gasteiger partial charge on any atom is 0.317 e. The largest absolute Gasteiger partial charge is 0.337 e. The summed E-state index contributed by atoms with van der Waals surface area (Å²) in [6, 6.07) is 1.88. The Morgan fingerprint density at radius 3 is 2.68 bits per heavy atom. The Labute approximate surface area is 133 Å². The Morgan fingerprint density at radius 1 is 1.32 bits per heavy atom. The fourth-order valence-corrected chi connectivity index (χ4v) is 3.22. The fourth-order valence-electron chi connectivity index (χ4n) is 3.22. The molecule has 0 aromatic carbocycles. The monoisotopic (exact) mass is 307 g/mol. The molecule has 2 atom stereocenters. The van der Waals surface area contributed by atoms with Crippen molar-refractivity contribution in [3.8, 4) is 0 Å². The zero-order valence-corrected chi connectivity index (χ0v) is 14.0. The quantitative estimate of drug-likeness (QED) is 0.866. The predicted molar refractivity (Wildman–Crippen MR) is 87.6 cm³/mol. The Hall–Kier alpha value is -1.56. The van der Waals surface area contributed by atoms with Crippen molar-refractivity contribution in [3.63, 3.8) is 0 Å². The second kappa shape index (κ2) is 8.17. The number of amides is 2. The molecular weight excluding hydrogens is 278 g/mol. The van der Waals surface area contributed by atoms with Crippen molar-refractivity contribution in [2.24, 2.45) is 11.8 Å². The van der Waals surface area contributed by atoms with Gasteiger partial charge in [0.1, 0.15) is 0 Å². The van der Waals surface area contributed by atoms with Crippen molar-refractivity contribution >= 4 is 6.03 Å². The van der Waals surface area contributed by atoms with Gasteiger partial charge in [0.25, 0.3) is 0 Å². The van der Waals surface area contributed by atoms with Crippen molar-refractivity contribution < 1.29 is 4.79 Å². The number of piperidine rings is 1. The van der Waals surface area contributed by atoms with Crippen LogP contribution in [0, 0.1) is 11.8 Å². The summed E-state index contributed by atoms with van der Waals surface area (Å²) in [6.45, 7) is 9.94. The summed E-state index contributed by atoms with van der Waals surface area (Å²) in [4.78, 5) is 16.2. The van der Waals surface area contributed by atoms with Gasteiger partial charge in [-0.15, -0.1) is 0 Å². The maximum atomic E-state index is 12.0. The third-order valence-corrected chi connectivity index (χ3v) is 4.22. The number of hydrogen-bond acceptors (Lipinski definition) is 3. The molecule has 0 unspecified atom stereocenters. The van der Waals surface area contributed by atoms with E-state index < -0.39 is 0 Å². The first-order chi connectivity index (χ1) is 10.5. The second-order valence-electron chi connectivity index (χ2n) is 6.63. The van der Waals surface area contributed by atoms with Gasteiger partial charge in [-0.1, -0.05) is 13.8 Å². The number of nitrogens with zero attached hydrogens (tertiary/aromatic N) is 4. The lowest BCUT2D eigenvalue weighted by Crippen LogP contribution is -2.45. The second-order valence-corrected chi connectivity index (χ2v) is 6.63. The van der Waals surface area contributed by atoms with Gasteiger partial charge in [0, 0.05) is 52.2 Å². The number of carbonyl (C=O) groups is 1. The van der Waals surface area contributed by atoms with E-state index >= 15 is 0 Å². The number of likely N-dealkylation sites (tertiary alicyclic amines) is 1. The van der Waals surface area contributed by atoms with Crippen LogP contribution in [0.2, 0.25) is 0 Å². The Balaban J connectivity index is 1.62. The number of urea groups is 1. The van der Waals surface area contributed by atoms with Gasteiger partial charge in [0.05, 0.1) is 6.54 Å². The molecule has 0 saturated carbocycles. The van der Waals surface area contributed by atoms with E-state index in [9.17, 15) is 4.79 Å². The molecule has 6 heteroatoms. The van der Waals surface area contributed by atoms with Crippen molar-refractivity contribution in [1.82, 2.24) is 24.9 Å². The molecule has 1 aromatic heterocycles. The topological polar surface area (TPSA) is 53.4 Å². The van der Waals surface area contributed by atoms with Gasteiger partial charge in [-0.25, -0.2) is 4.79 Å². The molecule has 0 bridgehead atoms. The first kappa shape index (κ1) is 16.8. The molecule has 2 amide bonds. The molecular formula is C16H29N5O. The normalized spacial score (nSPS) is 22.5. The lowest BCUT2D eigenvalue weighted by atomic mass is 9.92. The summed E-state index contributed by atoms with van der Waals surface area (Å²) in [5.74, 6) is 1.52. The summed E-state index contributed by atoms with van der Waals surface area (Å²) >= 11 is 0. The van der Waals surface area contributed by atoms with E-state index in [-0.39, 0.29) is 6.03 Å². The molecule has 0 spiro atoms. The van der Waals surface area contributed by atoms with E-state index in [1.807, 2.05) is 24.0 Å². The van der Waals surface area contributed by atoms with E-state index in [1.165, 1.54) is 6.42 Å². The number of hydrogen-bond donors (Lipinski definition) is 1. The first-order valence-corrected chi connectivity index (χ1v) is 8.23. The first-order valence-electron chi connectivity index (χ1n) is 8.23. The van der Waals surface area contributed by atoms with Crippen LogP contribution < -0.4 is 5.32 Å². The predicted octanol–water partition coefficient (Wildman–Crippen LogP) is 1.50. The third kappa shape index (κ3) is 5.33. The fraction of sp³-hybridized carbons (Fsp3) is 0.750. The van der Waals surface area contributed by atoms with E-state index in [4.69, 9.17) is 0 Å². The molecule has 1 N–H and O–H groups in total. The minimum atomic E-state index is -0.00902. The lowest BCUT2D eigenvalue weighted by molar-refractivity contribution is 0.141. The van der Waals surface area contributed by atoms with Crippen LogP contribution in [0.5, 0.6) is 0 Å². The van der Waals surface area contributed by atoms with E-state index in [0.717, 1.165) is 38.0 Å². The highest BCUT2D eigenvalue weighted by atomic mass is 16.2. The van der Waals surface area contributed by atoms with Crippen LogP contribution in [0.1, 0.15) is 20.3 Å². The highest BCUT2D eigenvalue weighted by Gasteiger charge is 2.21. The van der Waals surface area contributed by atoms with Crippen LogP contribution in [0.4, 0.5) is 4.79 Å². The highest BCUT2D eigenvalue weighted by Crippen LogP contribution is 2.20. The molecule has 22 heavy (non-hydrogen) atoms. The number of aromatic nitrogens is 2. The standard InChI is InChI=1S/C16H29N5O/c1-14-11-15(2)13-20(12-14)8-6-17-16(22)19(3)9-10-21-7-4-5-18-21/h4-5,7,14-15H,6,8-13H2,1-3H3,(H,17,22)/t14-,15-/m0/s1. The van der Waals surface area contributed by atoms with Gasteiger partial charge in [0.15, 0.2) is 0 Å². The average Bonchev–Trinajstić information content (AvgIpc) is 2.96. The summed E-state index contributed by atoms with van der Waals surface area (Å²) in [5.41, 5.74) is 0. The van der Waals surface area contributed by atoms with Gasteiger partial charge >= 0.3 is 6.03 Å². The van der Waals surface area contributed by atoms with Crippen LogP contribution in [-0.2, 0) is 6.54 Å². The molecule has 0 aliphatic carbocycles. The SMILES string of the molecule is C[C@H]1C[C@H](C)CN(CCNC(=O)N(C)CCn2cccn2)C1. The molecule has 2 rings (SSSR count). The molecule has 2 heterocycles. The smallest absolute Gasteiger partial charge is 0.317 e. The summed E-state index contributed by atoms with van der Waals surface area (Å²) in [5, 5.41) is 7.14. The highest BCUT2D eigenvalue weighted by molar-refractivity contribution is 5.73. The summed E-state index contributed by atoms with van der Waals surface area (Å²) in [7, 11) is 1.82. The summed E-state index contributed by atoms with van der Waals surface area (Å²) < 4.78 is 1.83. The van der Waals surface area contributed by atoms with Crippen LogP contribution in [0.3, 0.4) is 0 Å². The third-order valence-electron chi connectivity index (χ3n) is 4.22. The van der Waals surface area contributed by atoms with E-state index in [2.05, 4.69) is 29.2 Å². The minimum absolute atomic E-state index is 0.00902. The number of likely N-dealkylation sites (N-methyl/N-ethyl adjacent to an activating group) is 1. The zero-order chi connectivity index (χ0) is 15.9. The zero-order valence-electron chi connectivity index (χ0n) is 14.0. The van der Waals surface area contributed by atoms with Crippen molar-refractivity contribution in [1.29, 1.82) is 0 Å². The minimum Gasteiger partial charge on any atom is -0.337 e. The van der Waals surface area contributed by atoms with Crippen LogP contribution in [0.15, 0.2) is 18.5 Å². The van der Waals surface area contributed by atoms with Gasteiger partial charge in [-0.05, 0) is 24.3 Å². The van der Waals surface area contributed by atoms with Crippen LogP contribution >= 0.6 is 0 Å². The Morgan fingerprint density at radius 2 is 2.05 bits per heavy atom. The molecule has 124 valence electrons. The van der Waals surface area contributed by atoms with Crippen molar-refractivity contribution in [3.05, 3.63) is 18.5 Å². The van der Waals surface area contributed by atoms with Gasteiger partial charge in [-0.2, -0.15) is 5.10 Å². The molecule has 1 aromatic rings. The van der Waals surface area contributed by atoms with E-state index in [0.29, 0.717) is 13.1 Å². The Bertz CT molecular complexity index is 437. The van der Waals surface area contributed by atoms with E-state index in [1.54, 1.807) is 11.1 Å². The molecule has 6 nitrogen and oxygen atoms in total. The Kier molecular flexibility index (Phi) is 6.24. The van der Waals surface area contributed by atoms with Crippen LogP contribution in [-0.4, -0.2) is 65.4 Å². The number of rotatable bonds is 6. The maximum absolute atomic E-state index is 12.0.